The monoisotopic (exact) mass is 453 g/mol. The first-order chi connectivity index (χ1) is 15.7. The predicted molar refractivity (Wildman–Crippen MR) is 126 cm³/mol. The number of esters is 1. The average Bonchev–Trinajstić information content (AvgIpc) is 3.54. The minimum atomic E-state index is -0.487. The fourth-order valence-corrected chi connectivity index (χ4v) is 4.81. The van der Waals surface area contributed by atoms with Crippen molar-refractivity contribution in [1.82, 2.24) is 15.1 Å². The highest BCUT2D eigenvalue weighted by Crippen LogP contribution is 2.43. The molecule has 4 rings (SSSR count). The van der Waals surface area contributed by atoms with Gasteiger partial charge in [-0.25, -0.2) is 14.3 Å². The number of alkyl carbamates (subject to hydrolysis) is 1. The van der Waals surface area contributed by atoms with Gasteiger partial charge in [-0.3, -0.25) is 0 Å². The van der Waals surface area contributed by atoms with Crippen molar-refractivity contribution in [3.8, 4) is 5.69 Å². The van der Waals surface area contributed by atoms with Crippen LogP contribution in [-0.2, 0) is 9.47 Å². The fraction of sp³-hybridized carbons (Fsp3) is 0.577. The SMILES string of the molecule is COC(=O)c1cnn(-c2cccc(C3CCCC(CNC(=O)OC(C)(C)C)C3)c2)c1C1CC1. The second-order valence-electron chi connectivity index (χ2n) is 10.3. The molecule has 2 unspecified atom stereocenters. The Morgan fingerprint density at radius 2 is 1.94 bits per heavy atom. The molecule has 1 aromatic carbocycles. The molecule has 2 aliphatic rings. The molecule has 1 heterocycles. The number of aromatic nitrogens is 2. The second-order valence-corrected chi connectivity index (χ2v) is 10.3. The lowest BCUT2D eigenvalue weighted by Crippen LogP contribution is -2.36. The third-order valence-electron chi connectivity index (χ3n) is 6.48. The third kappa shape index (κ3) is 5.75. The number of amides is 1. The number of nitrogens with zero attached hydrogens (tertiary/aromatic N) is 2. The van der Waals surface area contributed by atoms with E-state index >= 15 is 0 Å². The number of hydrogen-bond acceptors (Lipinski definition) is 5. The van der Waals surface area contributed by atoms with Gasteiger partial charge < -0.3 is 14.8 Å². The molecule has 0 spiro atoms. The number of ether oxygens (including phenoxy) is 2. The van der Waals surface area contributed by atoms with Crippen molar-refractivity contribution < 1.29 is 19.1 Å². The van der Waals surface area contributed by atoms with Gasteiger partial charge in [0.05, 0.1) is 24.7 Å². The van der Waals surface area contributed by atoms with Crippen LogP contribution in [0.15, 0.2) is 30.5 Å². The van der Waals surface area contributed by atoms with Gasteiger partial charge in [0.1, 0.15) is 11.2 Å². The van der Waals surface area contributed by atoms with E-state index in [0.29, 0.717) is 29.9 Å². The van der Waals surface area contributed by atoms with E-state index in [4.69, 9.17) is 9.47 Å². The van der Waals surface area contributed by atoms with Crippen molar-refractivity contribution in [3.05, 3.63) is 47.3 Å². The molecular weight excluding hydrogens is 418 g/mol. The number of benzene rings is 1. The zero-order chi connectivity index (χ0) is 23.6. The van der Waals surface area contributed by atoms with Crippen LogP contribution >= 0.6 is 0 Å². The van der Waals surface area contributed by atoms with E-state index in [9.17, 15) is 9.59 Å². The Hall–Kier alpha value is -2.83. The van der Waals surface area contributed by atoms with Gasteiger partial charge in [0.15, 0.2) is 0 Å². The number of carbonyl (C=O) groups excluding carboxylic acids is 2. The number of carbonyl (C=O) groups is 2. The van der Waals surface area contributed by atoms with Gasteiger partial charge >= 0.3 is 12.1 Å². The summed E-state index contributed by atoms with van der Waals surface area (Å²) in [7, 11) is 1.41. The van der Waals surface area contributed by atoms with Gasteiger partial charge in [-0.15, -0.1) is 0 Å². The van der Waals surface area contributed by atoms with Crippen molar-refractivity contribution in [2.75, 3.05) is 13.7 Å². The lowest BCUT2D eigenvalue weighted by atomic mass is 9.78. The van der Waals surface area contributed by atoms with Crippen molar-refractivity contribution in [1.29, 1.82) is 0 Å². The molecule has 0 saturated heterocycles. The quantitative estimate of drug-likeness (QED) is 0.598. The van der Waals surface area contributed by atoms with E-state index in [-0.39, 0.29) is 12.1 Å². The second kappa shape index (κ2) is 9.57. The molecule has 2 atom stereocenters. The molecule has 1 N–H and O–H groups in total. The molecule has 2 saturated carbocycles. The zero-order valence-electron chi connectivity index (χ0n) is 20.1. The summed E-state index contributed by atoms with van der Waals surface area (Å²) in [6.45, 7) is 6.26. The molecule has 33 heavy (non-hydrogen) atoms. The maximum atomic E-state index is 12.2. The minimum Gasteiger partial charge on any atom is -0.465 e. The molecule has 2 fully saturated rings. The van der Waals surface area contributed by atoms with Crippen molar-refractivity contribution >= 4 is 12.1 Å². The average molecular weight is 454 g/mol. The van der Waals surface area contributed by atoms with E-state index in [1.165, 1.54) is 12.7 Å². The first-order valence-corrected chi connectivity index (χ1v) is 12.0. The van der Waals surface area contributed by atoms with Crippen LogP contribution in [0.5, 0.6) is 0 Å². The Morgan fingerprint density at radius 3 is 2.64 bits per heavy atom. The van der Waals surface area contributed by atoms with Crippen LogP contribution in [0.4, 0.5) is 4.79 Å². The van der Waals surface area contributed by atoms with Crippen LogP contribution in [0.1, 0.15) is 92.7 Å². The van der Waals surface area contributed by atoms with Crippen LogP contribution in [0.25, 0.3) is 5.69 Å². The Balaban J connectivity index is 1.47. The minimum absolute atomic E-state index is 0.327. The summed E-state index contributed by atoms with van der Waals surface area (Å²) in [5.41, 5.74) is 3.31. The van der Waals surface area contributed by atoms with Crippen molar-refractivity contribution in [2.24, 2.45) is 5.92 Å². The maximum absolute atomic E-state index is 12.2. The fourth-order valence-electron chi connectivity index (χ4n) is 4.81. The van der Waals surface area contributed by atoms with Crippen LogP contribution < -0.4 is 5.32 Å². The van der Waals surface area contributed by atoms with E-state index < -0.39 is 5.60 Å². The van der Waals surface area contributed by atoms with Crippen LogP contribution in [-0.4, -0.2) is 41.1 Å². The largest absolute Gasteiger partial charge is 0.465 e. The Kier molecular flexibility index (Phi) is 6.77. The number of nitrogens with one attached hydrogen (secondary N) is 1. The zero-order valence-corrected chi connectivity index (χ0v) is 20.1. The van der Waals surface area contributed by atoms with Gasteiger partial charge in [-0.05, 0) is 82.4 Å². The smallest absolute Gasteiger partial charge is 0.407 e. The molecule has 7 heteroatoms. The van der Waals surface area contributed by atoms with Gasteiger partial charge in [-0.2, -0.15) is 5.10 Å². The Bertz CT molecular complexity index is 1000. The molecule has 1 amide bonds. The summed E-state index contributed by atoms with van der Waals surface area (Å²) in [6.07, 6.45) is 7.84. The van der Waals surface area contributed by atoms with E-state index in [1.807, 2.05) is 31.5 Å². The highest BCUT2D eigenvalue weighted by molar-refractivity contribution is 5.90. The van der Waals surface area contributed by atoms with Gasteiger partial charge in [0, 0.05) is 12.5 Å². The molecule has 178 valence electrons. The lowest BCUT2D eigenvalue weighted by Gasteiger charge is -2.30. The molecule has 1 aromatic heterocycles. The molecule has 2 aromatic rings. The lowest BCUT2D eigenvalue weighted by molar-refractivity contribution is 0.0513. The number of rotatable bonds is 6. The first kappa shape index (κ1) is 23.3. The number of hydrogen-bond donors (Lipinski definition) is 1. The Morgan fingerprint density at radius 1 is 1.15 bits per heavy atom. The molecular formula is C26H35N3O4. The maximum Gasteiger partial charge on any atom is 0.407 e. The van der Waals surface area contributed by atoms with Crippen molar-refractivity contribution in [3.63, 3.8) is 0 Å². The molecule has 0 bridgehead atoms. The molecule has 0 radical (unpaired) electrons. The summed E-state index contributed by atoms with van der Waals surface area (Å²) >= 11 is 0. The summed E-state index contributed by atoms with van der Waals surface area (Å²) in [4.78, 5) is 24.3. The number of methoxy groups -OCH3 is 1. The van der Waals surface area contributed by atoms with Gasteiger partial charge in [0.25, 0.3) is 0 Å². The van der Waals surface area contributed by atoms with Crippen LogP contribution in [0.3, 0.4) is 0 Å². The summed E-state index contributed by atoms with van der Waals surface area (Å²) in [6, 6.07) is 8.50. The third-order valence-corrected chi connectivity index (χ3v) is 6.48. The van der Waals surface area contributed by atoms with Gasteiger partial charge in [-0.1, -0.05) is 18.6 Å². The first-order valence-electron chi connectivity index (χ1n) is 12.0. The molecule has 7 nitrogen and oxygen atoms in total. The summed E-state index contributed by atoms with van der Waals surface area (Å²) in [5, 5.41) is 7.50. The van der Waals surface area contributed by atoms with E-state index in [0.717, 1.165) is 49.9 Å². The predicted octanol–water partition coefficient (Wildman–Crippen LogP) is 5.33. The Labute approximate surface area is 195 Å². The van der Waals surface area contributed by atoms with E-state index in [2.05, 4.69) is 28.6 Å². The normalized spacial score (nSPS) is 20.8. The van der Waals surface area contributed by atoms with E-state index in [1.54, 1.807) is 6.20 Å². The molecule has 0 aliphatic heterocycles. The van der Waals surface area contributed by atoms with Crippen LogP contribution in [0.2, 0.25) is 0 Å². The molecule has 2 aliphatic carbocycles. The van der Waals surface area contributed by atoms with Crippen LogP contribution in [0, 0.1) is 5.92 Å². The van der Waals surface area contributed by atoms with Gasteiger partial charge in [0.2, 0.25) is 0 Å². The van der Waals surface area contributed by atoms with Crippen molar-refractivity contribution in [2.45, 2.75) is 76.7 Å². The standard InChI is InChI=1S/C26H35N3O4/c1-26(2,3)33-25(31)27-15-17-7-5-8-19(13-17)20-9-6-10-21(14-20)29-23(18-11-12-18)22(16-28-29)24(30)32-4/h6,9-10,14,16-19H,5,7-8,11-13,15H2,1-4H3,(H,27,31). The highest BCUT2D eigenvalue weighted by atomic mass is 16.6. The topological polar surface area (TPSA) is 82.5 Å². The summed E-state index contributed by atoms with van der Waals surface area (Å²) < 4.78 is 12.3. The highest BCUT2D eigenvalue weighted by Gasteiger charge is 2.33. The summed E-state index contributed by atoms with van der Waals surface area (Å²) in [5.74, 6) is 0.900.